The van der Waals surface area contributed by atoms with Gasteiger partial charge in [0.25, 0.3) is 5.91 Å². The van der Waals surface area contributed by atoms with Crippen LogP contribution in [0.4, 0.5) is 0 Å². The molecule has 9 nitrogen and oxygen atoms in total. The molecule has 37 heavy (non-hydrogen) atoms. The Morgan fingerprint density at radius 2 is 1.84 bits per heavy atom. The van der Waals surface area contributed by atoms with Crippen molar-refractivity contribution < 1.29 is 19.4 Å². The third-order valence-corrected chi connectivity index (χ3v) is 6.02. The minimum atomic E-state index is -0.988. The molecule has 0 saturated carbocycles. The fourth-order valence-corrected chi connectivity index (χ4v) is 4.05. The van der Waals surface area contributed by atoms with Crippen LogP contribution in [0.15, 0.2) is 66.7 Å². The number of rotatable bonds is 11. The molecule has 0 bridgehead atoms. The van der Waals surface area contributed by atoms with E-state index in [1.54, 1.807) is 24.3 Å². The summed E-state index contributed by atoms with van der Waals surface area (Å²) in [6, 6.07) is 20.8. The summed E-state index contributed by atoms with van der Waals surface area (Å²) in [5, 5.41) is 19.2. The number of aryl methyl sites for hydroxylation is 2. The summed E-state index contributed by atoms with van der Waals surface area (Å²) < 4.78 is 7.99. The van der Waals surface area contributed by atoms with Crippen LogP contribution in [-0.4, -0.2) is 45.5 Å². The quantitative estimate of drug-likeness (QED) is 0.141. The standard InChI is InChI=1S/C28H29N5O4/c1-33-23-17-24(37-15-5-8-18-6-3-2-4-7-18)21(28(36)31-14-13-25(34)35)16-22(23)32-27(33)20-11-9-19(10-12-20)26(29)30/h2-4,6-7,9-12,16-17H,5,8,13-15H2,1H3,(H3,29,30)(H,31,36)(H,34,35). The smallest absolute Gasteiger partial charge is 0.305 e. The number of amides is 1. The Labute approximate surface area is 214 Å². The lowest BCUT2D eigenvalue weighted by Crippen LogP contribution is -2.26. The molecule has 4 rings (SSSR count). The van der Waals surface area contributed by atoms with E-state index in [9.17, 15) is 9.59 Å². The Morgan fingerprint density at radius 3 is 2.51 bits per heavy atom. The molecule has 1 aromatic heterocycles. The molecule has 0 fully saturated rings. The van der Waals surface area contributed by atoms with E-state index in [0.29, 0.717) is 34.8 Å². The number of nitrogen functional groups attached to an aromatic ring is 1. The molecule has 190 valence electrons. The van der Waals surface area contributed by atoms with E-state index in [2.05, 4.69) is 17.4 Å². The predicted octanol–water partition coefficient (Wildman–Crippen LogP) is 3.74. The minimum absolute atomic E-state index is 0.00954. The summed E-state index contributed by atoms with van der Waals surface area (Å²) in [6.45, 7) is 0.419. The van der Waals surface area contributed by atoms with Crippen molar-refractivity contribution in [2.45, 2.75) is 19.3 Å². The Balaban J connectivity index is 1.62. The highest BCUT2D eigenvalue weighted by Crippen LogP contribution is 2.30. The molecule has 4 aromatic rings. The van der Waals surface area contributed by atoms with Gasteiger partial charge in [0.1, 0.15) is 17.4 Å². The molecule has 3 aromatic carbocycles. The number of carboxylic acids is 1. The third kappa shape index (κ3) is 6.13. The second-order valence-corrected chi connectivity index (χ2v) is 8.66. The molecule has 0 aliphatic carbocycles. The number of imidazole rings is 1. The topological polar surface area (TPSA) is 143 Å². The van der Waals surface area contributed by atoms with Gasteiger partial charge < -0.3 is 25.5 Å². The summed E-state index contributed by atoms with van der Waals surface area (Å²) in [5.74, 6) is -0.319. The van der Waals surface area contributed by atoms with Crippen LogP contribution >= 0.6 is 0 Å². The molecule has 0 aliphatic heterocycles. The van der Waals surface area contributed by atoms with Crippen molar-refractivity contribution in [3.63, 3.8) is 0 Å². The number of nitrogens with one attached hydrogen (secondary N) is 2. The molecule has 9 heteroatoms. The van der Waals surface area contributed by atoms with Gasteiger partial charge in [0.2, 0.25) is 0 Å². The van der Waals surface area contributed by atoms with Crippen molar-refractivity contribution in [1.29, 1.82) is 5.41 Å². The molecule has 0 aliphatic rings. The maximum atomic E-state index is 13.0. The number of carbonyl (C=O) groups excluding carboxylic acids is 1. The van der Waals surface area contributed by atoms with Gasteiger partial charge in [-0.05, 0) is 24.5 Å². The first-order valence-corrected chi connectivity index (χ1v) is 12.0. The molecule has 0 atom stereocenters. The lowest BCUT2D eigenvalue weighted by molar-refractivity contribution is -0.136. The fraction of sp³-hybridized carbons (Fsp3) is 0.214. The summed E-state index contributed by atoms with van der Waals surface area (Å²) in [5.41, 5.74) is 9.92. The van der Waals surface area contributed by atoms with Crippen LogP contribution in [0, 0.1) is 5.41 Å². The number of amidine groups is 1. The third-order valence-electron chi connectivity index (χ3n) is 6.02. The molecule has 0 saturated heterocycles. The molecule has 1 heterocycles. The van der Waals surface area contributed by atoms with Gasteiger partial charge in [0, 0.05) is 30.8 Å². The van der Waals surface area contributed by atoms with E-state index >= 15 is 0 Å². The van der Waals surface area contributed by atoms with Gasteiger partial charge in [0.15, 0.2) is 0 Å². The number of nitrogens with zero attached hydrogens (tertiary/aromatic N) is 2. The molecule has 0 radical (unpaired) electrons. The predicted molar refractivity (Wildman–Crippen MR) is 142 cm³/mol. The van der Waals surface area contributed by atoms with Gasteiger partial charge in [-0.1, -0.05) is 54.6 Å². The maximum absolute atomic E-state index is 13.0. The molecular formula is C28H29N5O4. The monoisotopic (exact) mass is 499 g/mol. The van der Waals surface area contributed by atoms with Crippen LogP contribution in [0.2, 0.25) is 0 Å². The first-order chi connectivity index (χ1) is 17.8. The number of nitrogens with two attached hydrogens (primary N) is 1. The second-order valence-electron chi connectivity index (χ2n) is 8.66. The number of carboxylic acid groups (broad SMARTS) is 1. The molecule has 1 amide bonds. The van der Waals surface area contributed by atoms with Crippen molar-refractivity contribution >= 4 is 28.7 Å². The van der Waals surface area contributed by atoms with Crippen molar-refractivity contribution in [3.05, 3.63) is 83.4 Å². The van der Waals surface area contributed by atoms with Crippen LogP contribution in [0.25, 0.3) is 22.4 Å². The zero-order chi connectivity index (χ0) is 26.4. The van der Waals surface area contributed by atoms with Gasteiger partial charge in [-0.2, -0.15) is 0 Å². The lowest BCUT2D eigenvalue weighted by Gasteiger charge is -2.13. The number of carbonyl (C=O) groups is 2. The molecule has 5 N–H and O–H groups in total. The van der Waals surface area contributed by atoms with Crippen molar-refractivity contribution in [3.8, 4) is 17.1 Å². The number of fused-ring (bicyclic) bond motifs is 1. The summed E-state index contributed by atoms with van der Waals surface area (Å²) >= 11 is 0. The average Bonchev–Trinajstić information content (AvgIpc) is 3.21. The zero-order valence-electron chi connectivity index (χ0n) is 20.5. The minimum Gasteiger partial charge on any atom is -0.493 e. The summed E-state index contributed by atoms with van der Waals surface area (Å²) in [4.78, 5) is 28.6. The number of hydrogen-bond donors (Lipinski definition) is 4. The van der Waals surface area contributed by atoms with Crippen LogP contribution < -0.4 is 15.8 Å². The van der Waals surface area contributed by atoms with Crippen LogP contribution in [0.5, 0.6) is 5.75 Å². The molecule has 0 spiro atoms. The fourth-order valence-electron chi connectivity index (χ4n) is 4.05. The van der Waals surface area contributed by atoms with Crippen LogP contribution in [0.3, 0.4) is 0 Å². The van der Waals surface area contributed by atoms with E-state index in [0.717, 1.165) is 23.9 Å². The van der Waals surface area contributed by atoms with Crippen molar-refractivity contribution in [2.75, 3.05) is 13.2 Å². The number of benzene rings is 3. The van der Waals surface area contributed by atoms with E-state index in [1.807, 2.05) is 41.9 Å². The Morgan fingerprint density at radius 1 is 1.11 bits per heavy atom. The second kappa shape index (κ2) is 11.4. The zero-order valence-corrected chi connectivity index (χ0v) is 20.5. The number of aromatic nitrogens is 2. The van der Waals surface area contributed by atoms with Crippen LogP contribution in [0.1, 0.15) is 34.3 Å². The van der Waals surface area contributed by atoms with Crippen molar-refractivity contribution in [1.82, 2.24) is 14.9 Å². The lowest BCUT2D eigenvalue weighted by atomic mass is 10.1. The average molecular weight is 500 g/mol. The van der Waals surface area contributed by atoms with Crippen LogP contribution in [-0.2, 0) is 18.3 Å². The first kappa shape index (κ1) is 25.4. The number of ether oxygens (including phenoxy) is 1. The normalized spacial score (nSPS) is 10.8. The Kier molecular flexibility index (Phi) is 7.83. The van der Waals surface area contributed by atoms with E-state index in [-0.39, 0.29) is 18.8 Å². The van der Waals surface area contributed by atoms with Gasteiger partial charge in [0.05, 0.1) is 29.6 Å². The summed E-state index contributed by atoms with van der Waals surface area (Å²) in [6.07, 6.45) is 1.43. The highest BCUT2D eigenvalue weighted by Gasteiger charge is 2.19. The Hall–Kier alpha value is -4.66. The van der Waals surface area contributed by atoms with E-state index < -0.39 is 11.9 Å². The largest absolute Gasteiger partial charge is 0.493 e. The first-order valence-electron chi connectivity index (χ1n) is 12.0. The van der Waals surface area contributed by atoms with E-state index in [4.69, 9.17) is 26.0 Å². The summed E-state index contributed by atoms with van der Waals surface area (Å²) in [7, 11) is 1.88. The Bertz CT molecular complexity index is 1430. The maximum Gasteiger partial charge on any atom is 0.305 e. The van der Waals surface area contributed by atoms with Crippen molar-refractivity contribution in [2.24, 2.45) is 12.8 Å². The van der Waals surface area contributed by atoms with E-state index in [1.165, 1.54) is 5.56 Å². The highest BCUT2D eigenvalue weighted by atomic mass is 16.5. The molecule has 0 unspecified atom stereocenters. The highest BCUT2D eigenvalue weighted by molar-refractivity contribution is 6.01. The SMILES string of the molecule is Cn1c(-c2ccc(C(=N)N)cc2)nc2cc(C(=O)NCCC(=O)O)c(OCCCc3ccccc3)cc21. The van der Waals surface area contributed by atoms with Gasteiger partial charge in [-0.3, -0.25) is 15.0 Å². The number of hydrogen-bond acceptors (Lipinski definition) is 5. The van der Waals surface area contributed by atoms with Gasteiger partial charge in [-0.25, -0.2) is 4.98 Å². The molecular weight excluding hydrogens is 470 g/mol. The number of aliphatic carboxylic acids is 1. The van der Waals surface area contributed by atoms with Gasteiger partial charge >= 0.3 is 5.97 Å². The van der Waals surface area contributed by atoms with Gasteiger partial charge in [-0.15, -0.1) is 0 Å².